The first kappa shape index (κ1) is 7.98. The zero-order valence-electron chi connectivity index (χ0n) is 7.44. The Balaban J connectivity index is 2.47. The molecule has 13 heavy (non-hydrogen) atoms. The van der Waals surface area contributed by atoms with Gasteiger partial charge in [-0.3, -0.25) is 0 Å². The molecule has 0 saturated carbocycles. The highest BCUT2D eigenvalue weighted by atomic mass is 15.3. The first-order valence-corrected chi connectivity index (χ1v) is 4.28. The number of benzene rings is 1. The van der Waals surface area contributed by atoms with Crippen LogP contribution in [0.2, 0.25) is 0 Å². The molecule has 0 fully saturated rings. The standard InChI is InChI=1S/C10H10N3/c1-2-13-10(11-8-12-13)9-6-4-3-5-7-9/h3-7H,2H2,1H3. The van der Waals surface area contributed by atoms with Crippen LogP contribution in [0.1, 0.15) is 6.92 Å². The molecular weight excluding hydrogens is 162 g/mol. The second kappa shape index (κ2) is 3.39. The number of rotatable bonds is 2. The number of aryl methyl sites for hydroxylation is 1. The van der Waals surface area contributed by atoms with Crippen molar-refractivity contribution < 1.29 is 0 Å². The van der Waals surface area contributed by atoms with Crippen LogP contribution in [-0.4, -0.2) is 14.8 Å². The molecule has 1 radical (unpaired) electrons. The van der Waals surface area contributed by atoms with Gasteiger partial charge in [0.15, 0.2) is 5.82 Å². The first-order chi connectivity index (χ1) is 6.42. The third kappa shape index (κ3) is 1.45. The highest BCUT2D eigenvalue weighted by Gasteiger charge is 2.03. The van der Waals surface area contributed by atoms with Crippen molar-refractivity contribution in [1.29, 1.82) is 0 Å². The smallest absolute Gasteiger partial charge is 0.221 e. The number of hydrogen-bond acceptors (Lipinski definition) is 2. The molecular formula is C10H10N3. The second-order valence-electron chi connectivity index (χ2n) is 2.72. The van der Waals surface area contributed by atoms with Gasteiger partial charge in [-0.25, -0.2) is 9.67 Å². The number of nitrogens with zero attached hydrogens (tertiary/aromatic N) is 3. The van der Waals surface area contributed by atoms with Gasteiger partial charge in [-0.2, -0.15) is 0 Å². The summed E-state index contributed by atoms with van der Waals surface area (Å²) < 4.78 is 1.83. The lowest BCUT2D eigenvalue weighted by Crippen LogP contribution is -1.99. The molecule has 0 atom stereocenters. The third-order valence-corrected chi connectivity index (χ3v) is 1.90. The molecule has 0 aliphatic heterocycles. The summed E-state index contributed by atoms with van der Waals surface area (Å²) in [5.74, 6) is 0.878. The molecule has 0 amide bonds. The quantitative estimate of drug-likeness (QED) is 0.691. The van der Waals surface area contributed by atoms with E-state index < -0.39 is 0 Å². The maximum Gasteiger partial charge on any atom is 0.221 e. The van der Waals surface area contributed by atoms with Gasteiger partial charge in [-0.05, 0) is 6.92 Å². The van der Waals surface area contributed by atoms with Gasteiger partial charge >= 0.3 is 0 Å². The van der Waals surface area contributed by atoms with Gasteiger partial charge in [0.2, 0.25) is 6.33 Å². The highest BCUT2D eigenvalue weighted by Crippen LogP contribution is 2.14. The summed E-state index contributed by atoms with van der Waals surface area (Å²) in [6.07, 6.45) is 2.61. The molecule has 0 unspecified atom stereocenters. The molecule has 2 aromatic rings. The average Bonchev–Trinajstić information content (AvgIpc) is 2.67. The molecule has 0 aliphatic carbocycles. The van der Waals surface area contributed by atoms with Crippen molar-refractivity contribution in [2.24, 2.45) is 0 Å². The fraction of sp³-hybridized carbons (Fsp3) is 0.200. The van der Waals surface area contributed by atoms with Crippen molar-refractivity contribution >= 4 is 0 Å². The first-order valence-electron chi connectivity index (χ1n) is 4.28. The monoisotopic (exact) mass is 172 g/mol. The maximum absolute atomic E-state index is 4.08. The van der Waals surface area contributed by atoms with Gasteiger partial charge in [-0.1, -0.05) is 30.3 Å². The SMILES string of the molecule is CCn1n[c]nc1-c1ccccc1. The van der Waals surface area contributed by atoms with E-state index in [1.165, 1.54) is 0 Å². The van der Waals surface area contributed by atoms with Gasteiger partial charge in [0.05, 0.1) is 0 Å². The zero-order chi connectivity index (χ0) is 9.10. The van der Waals surface area contributed by atoms with E-state index in [2.05, 4.69) is 16.4 Å². The largest absolute Gasteiger partial charge is 0.245 e. The van der Waals surface area contributed by atoms with E-state index >= 15 is 0 Å². The van der Waals surface area contributed by atoms with Gasteiger partial charge in [0, 0.05) is 12.1 Å². The molecule has 3 heteroatoms. The Kier molecular flexibility index (Phi) is 2.08. The molecule has 1 aromatic carbocycles. The number of hydrogen-bond donors (Lipinski definition) is 0. The summed E-state index contributed by atoms with van der Waals surface area (Å²) in [5, 5.41) is 3.99. The lowest BCUT2D eigenvalue weighted by atomic mass is 10.2. The van der Waals surface area contributed by atoms with Gasteiger partial charge in [-0.15, -0.1) is 5.10 Å². The Hall–Kier alpha value is -1.64. The molecule has 0 saturated heterocycles. The van der Waals surface area contributed by atoms with Crippen LogP contribution >= 0.6 is 0 Å². The highest BCUT2D eigenvalue weighted by molar-refractivity contribution is 5.54. The van der Waals surface area contributed by atoms with Crippen LogP contribution in [0.4, 0.5) is 0 Å². The molecule has 3 nitrogen and oxygen atoms in total. The van der Waals surface area contributed by atoms with Gasteiger partial charge in [0.25, 0.3) is 0 Å². The van der Waals surface area contributed by atoms with Crippen LogP contribution in [0.25, 0.3) is 11.4 Å². The van der Waals surface area contributed by atoms with E-state index in [0.29, 0.717) is 0 Å². The Bertz CT molecular complexity index is 378. The van der Waals surface area contributed by atoms with Crippen LogP contribution in [-0.2, 0) is 6.54 Å². The van der Waals surface area contributed by atoms with Crippen molar-refractivity contribution in [3.8, 4) is 11.4 Å². The Morgan fingerprint density at radius 3 is 2.77 bits per heavy atom. The number of aromatic nitrogens is 3. The van der Waals surface area contributed by atoms with Crippen LogP contribution in [0.3, 0.4) is 0 Å². The molecule has 1 heterocycles. The minimum atomic E-state index is 0.820. The topological polar surface area (TPSA) is 30.7 Å². The predicted octanol–water partition coefficient (Wildman–Crippen LogP) is 1.77. The summed E-state index contributed by atoms with van der Waals surface area (Å²) in [6, 6.07) is 10.0. The summed E-state index contributed by atoms with van der Waals surface area (Å²) >= 11 is 0. The zero-order valence-corrected chi connectivity index (χ0v) is 7.44. The Labute approximate surface area is 77.0 Å². The minimum Gasteiger partial charge on any atom is -0.245 e. The predicted molar refractivity (Wildman–Crippen MR) is 50.0 cm³/mol. The van der Waals surface area contributed by atoms with E-state index in [4.69, 9.17) is 0 Å². The molecule has 0 N–H and O–H groups in total. The van der Waals surface area contributed by atoms with E-state index in [0.717, 1.165) is 17.9 Å². The lowest BCUT2D eigenvalue weighted by molar-refractivity contribution is 0.664. The molecule has 0 spiro atoms. The molecule has 1 aromatic heterocycles. The molecule has 2 rings (SSSR count). The van der Waals surface area contributed by atoms with E-state index in [1.807, 2.05) is 41.9 Å². The normalized spacial score (nSPS) is 10.2. The van der Waals surface area contributed by atoms with Crippen molar-refractivity contribution in [3.05, 3.63) is 36.7 Å². The Morgan fingerprint density at radius 2 is 2.08 bits per heavy atom. The van der Waals surface area contributed by atoms with Gasteiger partial charge < -0.3 is 0 Å². The van der Waals surface area contributed by atoms with Crippen LogP contribution < -0.4 is 0 Å². The molecule has 0 aliphatic rings. The van der Waals surface area contributed by atoms with Crippen molar-refractivity contribution in [2.75, 3.05) is 0 Å². The summed E-state index contributed by atoms with van der Waals surface area (Å²) in [5.41, 5.74) is 1.08. The van der Waals surface area contributed by atoms with Crippen LogP contribution in [0.15, 0.2) is 30.3 Å². The van der Waals surface area contributed by atoms with Crippen molar-refractivity contribution in [2.45, 2.75) is 13.5 Å². The maximum atomic E-state index is 4.08. The van der Waals surface area contributed by atoms with E-state index in [9.17, 15) is 0 Å². The summed E-state index contributed by atoms with van der Waals surface area (Å²) in [7, 11) is 0. The van der Waals surface area contributed by atoms with Crippen LogP contribution in [0, 0.1) is 6.33 Å². The van der Waals surface area contributed by atoms with Crippen LogP contribution in [0.5, 0.6) is 0 Å². The third-order valence-electron chi connectivity index (χ3n) is 1.90. The second-order valence-corrected chi connectivity index (χ2v) is 2.72. The van der Waals surface area contributed by atoms with E-state index in [-0.39, 0.29) is 0 Å². The molecule has 0 bridgehead atoms. The minimum absolute atomic E-state index is 0.820. The van der Waals surface area contributed by atoms with Crippen molar-refractivity contribution in [3.63, 3.8) is 0 Å². The fourth-order valence-corrected chi connectivity index (χ4v) is 1.25. The average molecular weight is 172 g/mol. The fourth-order valence-electron chi connectivity index (χ4n) is 1.25. The Morgan fingerprint density at radius 1 is 1.31 bits per heavy atom. The summed E-state index contributed by atoms with van der Waals surface area (Å²) in [4.78, 5) is 4.08. The van der Waals surface area contributed by atoms with Gasteiger partial charge in [0.1, 0.15) is 0 Å². The van der Waals surface area contributed by atoms with E-state index in [1.54, 1.807) is 0 Å². The molecule has 65 valence electrons. The lowest BCUT2D eigenvalue weighted by Gasteiger charge is -2.01. The summed E-state index contributed by atoms with van der Waals surface area (Å²) in [6.45, 7) is 2.86. The van der Waals surface area contributed by atoms with Crippen molar-refractivity contribution in [1.82, 2.24) is 14.8 Å².